The number of non-ortho nitro benzene ring substituents is 1. The van der Waals surface area contributed by atoms with Crippen molar-refractivity contribution in [2.45, 2.75) is 25.7 Å². The van der Waals surface area contributed by atoms with Gasteiger partial charge in [-0.05, 0) is 49.4 Å². The van der Waals surface area contributed by atoms with E-state index in [0.29, 0.717) is 11.0 Å². The van der Waals surface area contributed by atoms with Gasteiger partial charge in [-0.15, -0.1) is 0 Å². The average molecular weight is 423 g/mol. The van der Waals surface area contributed by atoms with Crippen LogP contribution in [-0.4, -0.2) is 22.9 Å². The van der Waals surface area contributed by atoms with Crippen LogP contribution in [0.2, 0.25) is 0 Å². The van der Waals surface area contributed by atoms with E-state index in [1.54, 1.807) is 0 Å². The van der Waals surface area contributed by atoms with Gasteiger partial charge < -0.3 is 14.1 Å². The summed E-state index contributed by atoms with van der Waals surface area (Å²) in [4.78, 5) is 35.7. The summed E-state index contributed by atoms with van der Waals surface area (Å²) in [5.41, 5.74) is 2.07. The lowest BCUT2D eigenvalue weighted by atomic mass is 9.90. The second kappa shape index (κ2) is 7.08. The van der Waals surface area contributed by atoms with E-state index in [9.17, 15) is 25.0 Å². The quantitative estimate of drug-likeness (QED) is 0.348. The van der Waals surface area contributed by atoms with Crippen LogP contribution < -0.4 is 15.3 Å². The Morgan fingerprint density at radius 2 is 1.74 bits per heavy atom. The van der Waals surface area contributed by atoms with Gasteiger partial charge in [0.05, 0.1) is 15.9 Å². The summed E-state index contributed by atoms with van der Waals surface area (Å²) in [5, 5.41) is 23.0. The lowest BCUT2D eigenvalue weighted by Crippen LogP contribution is -2.34. The summed E-state index contributed by atoms with van der Waals surface area (Å²) in [6.45, 7) is 1.97. The summed E-state index contributed by atoms with van der Waals surface area (Å²) in [6, 6.07) is 6.49. The van der Waals surface area contributed by atoms with Crippen LogP contribution in [0, 0.1) is 20.2 Å². The Hall–Kier alpha value is -3.95. The Morgan fingerprint density at radius 3 is 2.48 bits per heavy atom. The van der Waals surface area contributed by atoms with E-state index in [-0.39, 0.29) is 11.5 Å². The molecule has 0 atom stereocenters. The third-order valence-electron chi connectivity index (χ3n) is 5.75. The van der Waals surface area contributed by atoms with Crippen molar-refractivity contribution in [2.75, 3.05) is 18.0 Å². The van der Waals surface area contributed by atoms with Gasteiger partial charge in [0.25, 0.3) is 5.69 Å². The van der Waals surface area contributed by atoms with E-state index < -0.39 is 26.8 Å². The molecule has 0 N–H and O–H groups in total. The van der Waals surface area contributed by atoms with Gasteiger partial charge in [0.15, 0.2) is 0 Å². The Balaban J connectivity index is 1.62. The summed E-state index contributed by atoms with van der Waals surface area (Å²) in [5.74, 6) is -0.479. The van der Waals surface area contributed by atoms with E-state index in [1.165, 1.54) is 11.6 Å². The molecule has 5 rings (SSSR count). The number of rotatable bonds is 4. The minimum Gasteiger partial charge on any atom is -0.442 e. The molecule has 2 aliphatic heterocycles. The smallest absolute Gasteiger partial charge is 0.379 e. The number of ether oxygens (including phenoxy) is 1. The zero-order chi connectivity index (χ0) is 21.7. The van der Waals surface area contributed by atoms with Crippen LogP contribution in [0.3, 0.4) is 0 Å². The molecular weight excluding hydrogens is 406 g/mol. The largest absolute Gasteiger partial charge is 0.442 e. The van der Waals surface area contributed by atoms with Gasteiger partial charge in [0.2, 0.25) is 11.5 Å². The monoisotopic (exact) mass is 423 g/mol. The minimum absolute atomic E-state index is 0.208. The molecule has 0 saturated carbocycles. The first-order chi connectivity index (χ1) is 14.9. The Kier molecular flexibility index (Phi) is 4.35. The van der Waals surface area contributed by atoms with Gasteiger partial charge in [0.1, 0.15) is 5.58 Å². The Bertz CT molecular complexity index is 1310. The molecule has 10 heteroatoms. The first-order valence-corrected chi connectivity index (χ1v) is 9.90. The van der Waals surface area contributed by atoms with Gasteiger partial charge in [-0.1, -0.05) is 0 Å². The topological polar surface area (TPSA) is 129 Å². The predicted octanol–water partition coefficient (Wildman–Crippen LogP) is 4.10. The van der Waals surface area contributed by atoms with E-state index in [0.717, 1.165) is 68.2 Å². The van der Waals surface area contributed by atoms with Crippen LogP contribution in [0.15, 0.2) is 39.5 Å². The maximum absolute atomic E-state index is 12.6. The predicted molar refractivity (Wildman–Crippen MR) is 111 cm³/mol. The molecule has 0 amide bonds. The number of nitro benzene ring substituents is 2. The van der Waals surface area contributed by atoms with Crippen molar-refractivity contribution in [3.05, 3.63) is 72.1 Å². The van der Waals surface area contributed by atoms with Crippen molar-refractivity contribution in [2.24, 2.45) is 0 Å². The van der Waals surface area contributed by atoms with Crippen LogP contribution in [0.4, 0.5) is 17.1 Å². The first-order valence-electron chi connectivity index (χ1n) is 9.90. The van der Waals surface area contributed by atoms with E-state index in [4.69, 9.17) is 9.15 Å². The number of fused-ring (bicyclic) bond motifs is 2. The summed E-state index contributed by atoms with van der Waals surface area (Å²) >= 11 is 0. The SMILES string of the molecule is O=c1oc2c3c4c(cc2cc1Oc1ccc([N+](=O)[O-])cc1[N+](=O)[O-])CCCN4CCC3. The van der Waals surface area contributed by atoms with Crippen molar-refractivity contribution in [3.63, 3.8) is 0 Å². The molecule has 1 aromatic heterocycles. The zero-order valence-electron chi connectivity index (χ0n) is 16.3. The fraction of sp³-hybridized carbons (Fsp3) is 0.286. The summed E-state index contributed by atoms with van der Waals surface area (Å²) in [7, 11) is 0. The second-order valence-corrected chi connectivity index (χ2v) is 7.64. The van der Waals surface area contributed by atoms with Crippen molar-refractivity contribution >= 4 is 28.0 Å². The highest BCUT2D eigenvalue weighted by Crippen LogP contribution is 2.41. The maximum atomic E-state index is 12.6. The van der Waals surface area contributed by atoms with Gasteiger partial charge >= 0.3 is 11.3 Å². The van der Waals surface area contributed by atoms with Crippen LogP contribution in [-0.2, 0) is 12.8 Å². The summed E-state index contributed by atoms with van der Waals surface area (Å²) in [6.07, 6.45) is 3.76. The number of anilines is 1. The standard InChI is InChI=1S/C21H17N3O7/c25-21-18(30-17-6-5-14(23(26)27)11-16(17)24(28)29)10-13-9-12-3-1-7-22-8-2-4-15(19(12)22)20(13)31-21/h5-6,9-11H,1-4,7-8H2. The van der Waals surface area contributed by atoms with Gasteiger partial charge in [0, 0.05) is 35.8 Å². The Labute approximate surface area is 174 Å². The van der Waals surface area contributed by atoms with E-state index in [2.05, 4.69) is 4.90 Å². The molecule has 0 saturated heterocycles. The van der Waals surface area contributed by atoms with Crippen molar-refractivity contribution < 1.29 is 19.0 Å². The lowest BCUT2D eigenvalue weighted by Gasteiger charge is -2.37. The average Bonchev–Trinajstić information content (AvgIpc) is 2.75. The molecule has 0 unspecified atom stereocenters. The van der Waals surface area contributed by atoms with Crippen LogP contribution in [0.25, 0.3) is 11.0 Å². The number of nitrogens with zero attached hydrogens (tertiary/aromatic N) is 3. The van der Waals surface area contributed by atoms with Gasteiger partial charge in [-0.25, -0.2) is 4.79 Å². The highest BCUT2D eigenvalue weighted by molar-refractivity contribution is 5.89. The summed E-state index contributed by atoms with van der Waals surface area (Å²) < 4.78 is 11.1. The fourth-order valence-corrected chi connectivity index (χ4v) is 4.46. The molecule has 2 aliphatic rings. The van der Waals surface area contributed by atoms with E-state index >= 15 is 0 Å². The first kappa shape index (κ1) is 19.0. The van der Waals surface area contributed by atoms with Crippen molar-refractivity contribution in [1.82, 2.24) is 0 Å². The fourth-order valence-electron chi connectivity index (χ4n) is 4.46. The number of hydrogen-bond donors (Lipinski definition) is 0. The minimum atomic E-state index is -0.792. The van der Waals surface area contributed by atoms with Crippen LogP contribution in [0.1, 0.15) is 24.0 Å². The molecule has 3 heterocycles. The lowest BCUT2D eigenvalue weighted by molar-refractivity contribution is -0.394. The molecule has 10 nitrogen and oxygen atoms in total. The maximum Gasteiger partial charge on any atom is 0.379 e. The van der Waals surface area contributed by atoms with Crippen molar-refractivity contribution in [1.29, 1.82) is 0 Å². The molecule has 0 spiro atoms. The Morgan fingerprint density at radius 1 is 0.968 bits per heavy atom. The van der Waals surface area contributed by atoms with Gasteiger partial charge in [-0.3, -0.25) is 20.2 Å². The van der Waals surface area contributed by atoms with E-state index in [1.807, 2.05) is 6.07 Å². The third kappa shape index (κ3) is 3.16. The number of hydrogen-bond acceptors (Lipinski definition) is 8. The molecule has 0 aliphatic carbocycles. The molecule has 2 aromatic carbocycles. The second-order valence-electron chi connectivity index (χ2n) is 7.64. The zero-order valence-corrected chi connectivity index (χ0v) is 16.3. The molecular formula is C21H17N3O7. The molecule has 0 radical (unpaired) electrons. The van der Waals surface area contributed by atoms with Gasteiger partial charge in [-0.2, -0.15) is 0 Å². The number of nitro groups is 2. The molecule has 158 valence electrons. The highest BCUT2D eigenvalue weighted by atomic mass is 16.6. The van der Waals surface area contributed by atoms with Crippen molar-refractivity contribution in [3.8, 4) is 11.5 Å². The normalized spacial score (nSPS) is 14.9. The van der Waals surface area contributed by atoms with Crippen LogP contribution >= 0.6 is 0 Å². The molecule has 0 bridgehead atoms. The third-order valence-corrected chi connectivity index (χ3v) is 5.75. The number of benzene rings is 2. The molecule has 0 fully saturated rings. The number of aryl methyl sites for hydroxylation is 2. The molecule has 31 heavy (non-hydrogen) atoms. The van der Waals surface area contributed by atoms with Crippen LogP contribution in [0.5, 0.6) is 11.5 Å². The molecule has 3 aromatic rings. The highest BCUT2D eigenvalue weighted by Gasteiger charge is 2.28.